The first kappa shape index (κ1) is 52.1. The molecule has 0 spiro atoms. The van der Waals surface area contributed by atoms with Gasteiger partial charge in [0.15, 0.2) is 0 Å². The summed E-state index contributed by atoms with van der Waals surface area (Å²) in [5.74, 6) is 0.706. The Balaban J connectivity index is 0.000000498. The number of carboxylic acid groups (broad SMARTS) is 1. The first-order valence-corrected chi connectivity index (χ1v) is 26.3. The highest BCUT2D eigenvalue weighted by atomic mass is 16.5. The number of methoxy groups -OCH3 is 1. The molecule has 378 valence electrons. The van der Waals surface area contributed by atoms with Crippen molar-refractivity contribution >= 4 is 29.7 Å². The maximum Gasteiger partial charge on any atom is 0.327 e. The van der Waals surface area contributed by atoms with E-state index in [0.29, 0.717) is 29.6 Å². The molecule has 2 amide bonds. The Morgan fingerprint density at radius 1 is 0.838 bits per heavy atom. The fourth-order valence-electron chi connectivity index (χ4n) is 16.5. The number of hydrogen-bond acceptors (Lipinski definition) is 8. The molecule has 0 aromatic heterocycles. The number of carbonyl (C=O) groups excluding carboxylic acids is 4. The fraction of sp³-hybridized carbons (Fsp3) is 0.772. The summed E-state index contributed by atoms with van der Waals surface area (Å²) in [4.78, 5) is 66.6. The molecule has 68 heavy (non-hydrogen) atoms. The predicted molar refractivity (Wildman–Crippen MR) is 265 cm³/mol. The van der Waals surface area contributed by atoms with E-state index in [9.17, 15) is 24.3 Å². The van der Waals surface area contributed by atoms with Gasteiger partial charge in [-0.2, -0.15) is 0 Å². The molecule has 11 nitrogen and oxygen atoms in total. The number of carboxylic acids is 1. The number of nitrogens with one attached hydrogen (secondary N) is 1. The molecule has 1 saturated heterocycles. The van der Waals surface area contributed by atoms with Crippen LogP contribution in [-0.4, -0.2) is 72.1 Å². The molecule has 4 N–H and O–H groups in total. The molecule has 0 bridgehead atoms. The number of benzene rings is 1. The fourth-order valence-corrected chi connectivity index (χ4v) is 16.5. The number of amides is 2. The average molecular weight is 942 g/mol. The van der Waals surface area contributed by atoms with Crippen LogP contribution in [-0.2, 0) is 33.4 Å². The molecule has 5 unspecified atom stereocenters. The van der Waals surface area contributed by atoms with E-state index in [1.165, 1.54) is 19.1 Å². The number of aliphatic carboxylic acids is 1. The molecule has 1 aromatic rings. The van der Waals surface area contributed by atoms with Crippen LogP contribution in [0, 0.1) is 73.4 Å². The standard InChI is InChI=1S/C48H76N2O6.C9H11NO2/c1-29(2)30-17-22-48(40(53)49-35-27-32(43(35,5)6)39(52)50-25-13-12-14-26-50)24-23-46(10)31(38(30)48)15-16-34-45(9)20-19-36(56-37(51)28-42(3,4)41(54)55)44(7,8)33(45)18-21-47(34,46)11;1-12-9(11)8(10)7-5-3-2-4-6-7/h30-36,38H,1,12-28H2,2-11H3,(H,49,53)(H,54,55);2-6,8H,10H2,1H3/t30-,31?,32+,33?,34?,35+,36-,38?,45-,46+,47+,48-;/m0./s1. The Kier molecular flexibility index (Phi) is 14.4. The summed E-state index contributed by atoms with van der Waals surface area (Å²) in [5.41, 5.74) is 5.85. The van der Waals surface area contributed by atoms with E-state index >= 15 is 4.79 Å². The van der Waals surface area contributed by atoms with Gasteiger partial charge in [0.2, 0.25) is 11.8 Å². The number of allylic oxidation sites excluding steroid dienone is 1. The smallest absolute Gasteiger partial charge is 0.327 e. The maximum atomic E-state index is 15.0. The number of fused-ring (bicyclic) bond motifs is 7. The van der Waals surface area contributed by atoms with E-state index in [-0.39, 0.29) is 63.4 Å². The first-order chi connectivity index (χ1) is 31.7. The topological polar surface area (TPSA) is 165 Å². The Hall–Kier alpha value is -3.73. The molecule has 13 atom stereocenters. The van der Waals surface area contributed by atoms with Gasteiger partial charge in [0.25, 0.3) is 0 Å². The molecule has 6 aliphatic carbocycles. The molecule has 8 rings (SSSR count). The number of esters is 2. The van der Waals surface area contributed by atoms with Crippen LogP contribution in [0.5, 0.6) is 0 Å². The van der Waals surface area contributed by atoms with Gasteiger partial charge in [-0.05, 0) is 167 Å². The van der Waals surface area contributed by atoms with E-state index in [0.717, 1.165) is 102 Å². The molecule has 6 saturated carbocycles. The minimum absolute atomic E-state index is 0.0193. The van der Waals surface area contributed by atoms with Crippen molar-refractivity contribution in [3.8, 4) is 0 Å². The number of piperidine rings is 1. The van der Waals surface area contributed by atoms with Crippen molar-refractivity contribution in [1.82, 2.24) is 10.2 Å². The second kappa shape index (κ2) is 18.8. The minimum Gasteiger partial charge on any atom is -0.481 e. The normalized spacial score (nSPS) is 38.2. The summed E-state index contributed by atoms with van der Waals surface area (Å²) in [7, 11) is 1.32. The van der Waals surface area contributed by atoms with Gasteiger partial charge in [0.05, 0.1) is 24.4 Å². The second-order valence-corrected chi connectivity index (χ2v) is 25.5. The lowest BCUT2D eigenvalue weighted by Crippen LogP contribution is -2.68. The van der Waals surface area contributed by atoms with E-state index in [4.69, 9.17) is 10.5 Å². The van der Waals surface area contributed by atoms with Crippen molar-refractivity contribution in [1.29, 1.82) is 0 Å². The van der Waals surface area contributed by atoms with Gasteiger partial charge in [-0.3, -0.25) is 24.0 Å². The lowest BCUT2D eigenvalue weighted by molar-refractivity contribution is -0.249. The van der Waals surface area contributed by atoms with Crippen molar-refractivity contribution in [2.24, 2.45) is 79.1 Å². The van der Waals surface area contributed by atoms with Gasteiger partial charge in [-0.1, -0.05) is 91.0 Å². The summed E-state index contributed by atoms with van der Waals surface area (Å²) in [6, 6.07) is 8.47. The van der Waals surface area contributed by atoms with Gasteiger partial charge in [-0.15, -0.1) is 0 Å². The first-order valence-electron chi connectivity index (χ1n) is 26.3. The minimum atomic E-state index is -1.16. The van der Waals surface area contributed by atoms with Gasteiger partial charge in [-0.25, -0.2) is 0 Å². The molecule has 1 heterocycles. The van der Waals surface area contributed by atoms with Crippen molar-refractivity contribution < 1.29 is 38.6 Å². The lowest BCUT2D eigenvalue weighted by atomic mass is 9.32. The number of nitrogens with two attached hydrogens (primary N) is 1. The third-order valence-electron chi connectivity index (χ3n) is 21.0. The summed E-state index contributed by atoms with van der Waals surface area (Å²) in [6.45, 7) is 28.5. The molecule has 7 fully saturated rings. The monoisotopic (exact) mass is 942 g/mol. The summed E-state index contributed by atoms with van der Waals surface area (Å²) >= 11 is 0. The maximum absolute atomic E-state index is 15.0. The number of rotatable bonds is 10. The highest BCUT2D eigenvalue weighted by Crippen LogP contribution is 2.77. The third-order valence-corrected chi connectivity index (χ3v) is 21.0. The van der Waals surface area contributed by atoms with Crippen LogP contribution < -0.4 is 11.1 Å². The van der Waals surface area contributed by atoms with Crippen LogP contribution in [0.25, 0.3) is 0 Å². The van der Waals surface area contributed by atoms with Crippen LogP contribution in [0.4, 0.5) is 0 Å². The zero-order chi connectivity index (χ0) is 50.0. The highest BCUT2D eigenvalue weighted by molar-refractivity contribution is 5.86. The SMILES string of the molecule is C=C(C)[C@@H]1CC[C@]2(C(=O)N[C@@H]3C[C@H](C(=O)N4CCCCC4)C3(C)C)CC[C@]3(C)C(CCC4[C@@]5(C)CC[C@H](OC(=O)CC(C)(C)C(=O)O)C(C)(C)C5CC[C@]43C)C12.COC(=O)C(N)c1ccccc1. The summed E-state index contributed by atoms with van der Waals surface area (Å²) < 4.78 is 10.7. The van der Waals surface area contributed by atoms with Crippen molar-refractivity contribution in [3.05, 3.63) is 48.0 Å². The molecular weight excluding hydrogens is 855 g/mol. The molecule has 1 aliphatic heterocycles. The van der Waals surface area contributed by atoms with E-state index in [2.05, 4.69) is 76.9 Å². The largest absolute Gasteiger partial charge is 0.481 e. The van der Waals surface area contributed by atoms with Gasteiger partial charge >= 0.3 is 17.9 Å². The Labute approximate surface area is 408 Å². The molecule has 11 heteroatoms. The second-order valence-electron chi connectivity index (χ2n) is 25.5. The highest BCUT2D eigenvalue weighted by Gasteiger charge is 2.72. The van der Waals surface area contributed by atoms with Crippen LogP contribution in [0.15, 0.2) is 42.5 Å². The van der Waals surface area contributed by atoms with E-state index < -0.39 is 34.8 Å². The van der Waals surface area contributed by atoms with Crippen LogP contribution >= 0.6 is 0 Å². The van der Waals surface area contributed by atoms with E-state index in [1.807, 2.05) is 18.2 Å². The van der Waals surface area contributed by atoms with Crippen LogP contribution in [0.1, 0.15) is 177 Å². The molecule has 1 aromatic carbocycles. The van der Waals surface area contributed by atoms with Crippen molar-refractivity contribution in [2.75, 3.05) is 20.2 Å². The number of likely N-dealkylation sites (tertiary alicyclic amines) is 1. The summed E-state index contributed by atoms with van der Waals surface area (Å²) in [6.07, 6.45) is 14.0. The zero-order valence-electron chi connectivity index (χ0n) is 43.6. The Bertz CT molecular complexity index is 2090. The number of nitrogens with zero attached hydrogens (tertiary/aromatic N) is 1. The van der Waals surface area contributed by atoms with Crippen LogP contribution in [0.3, 0.4) is 0 Å². The Morgan fingerprint density at radius 2 is 1.50 bits per heavy atom. The molecular formula is C57H87N3O8. The molecule has 7 aliphatic rings. The zero-order valence-corrected chi connectivity index (χ0v) is 43.6. The van der Waals surface area contributed by atoms with Gasteiger partial charge in [0, 0.05) is 30.5 Å². The van der Waals surface area contributed by atoms with Gasteiger partial charge < -0.3 is 30.5 Å². The van der Waals surface area contributed by atoms with Gasteiger partial charge in [0.1, 0.15) is 12.1 Å². The molecule has 0 radical (unpaired) electrons. The number of ether oxygens (including phenoxy) is 2. The summed E-state index contributed by atoms with van der Waals surface area (Å²) in [5, 5.41) is 13.3. The third kappa shape index (κ3) is 8.66. The lowest BCUT2D eigenvalue weighted by Gasteiger charge is -2.73. The predicted octanol–water partition coefficient (Wildman–Crippen LogP) is 10.5. The van der Waals surface area contributed by atoms with E-state index in [1.54, 1.807) is 26.0 Å². The van der Waals surface area contributed by atoms with Crippen LogP contribution in [0.2, 0.25) is 0 Å². The average Bonchev–Trinajstić information content (AvgIpc) is 3.70. The van der Waals surface area contributed by atoms with Crippen molar-refractivity contribution in [3.63, 3.8) is 0 Å². The quantitative estimate of drug-likeness (QED) is 0.153. The number of carbonyl (C=O) groups is 5. The van der Waals surface area contributed by atoms with Crippen molar-refractivity contribution in [2.45, 2.75) is 184 Å². The number of hydrogen-bond donors (Lipinski definition) is 3. The Morgan fingerprint density at radius 3 is 2.10 bits per heavy atom.